The van der Waals surface area contributed by atoms with E-state index >= 15 is 0 Å². The molecule has 1 N–H and O–H groups in total. The van der Waals surface area contributed by atoms with Crippen LogP contribution < -0.4 is 14.8 Å². The molecule has 0 unspecified atom stereocenters. The van der Waals surface area contributed by atoms with E-state index in [0.29, 0.717) is 19.4 Å². The molecule has 4 nitrogen and oxygen atoms in total. The van der Waals surface area contributed by atoms with Crippen LogP contribution in [0.1, 0.15) is 23.1 Å². The number of rotatable bonds is 7. The maximum absolute atomic E-state index is 12.0. The number of carbonyl (C=O) groups is 1. The van der Waals surface area contributed by atoms with Crippen LogP contribution in [0.15, 0.2) is 42.5 Å². The molecule has 2 aromatic carbocycles. The summed E-state index contributed by atoms with van der Waals surface area (Å²) in [6, 6.07) is 13.8. The minimum Gasteiger partial charge on any atom is -0.497 e. The summed E-state index contributed by atoms with van der Waals surface area (Å²) in [5, 5.41) is 2.94. The van der Waals surface area contributed by atoms with E-state index in [1.807, 2.05) is 49.4 Å². The first-order valence-corrected chi connectivity index (χ1v) is 7.65. The maximum Gasteiger partial charge on any atom is 0.220 e. The lowest BCUT2D eigenvalue weighted by atomic mass is 10.1. The lowest BCUT2D eigenvalue weighted by Crippen LogP contribution is -2.23. The molecule has 0 saturated carbocycles. The summed E-state index contributed by atoms with van der Waals surface area (Å²) in [6.45, 7) is 2.60. The summed E-state index contributed by atoms with van der Waals surface area (Å²) in [4.78, 5) is 12.0. The molecule has 2 rings (SSSR count). The number of hydrogen-bond acceptors (Lipinski definition) is 3. The minimum absolute atomic E-state index is 0.0236. The molecule has 2 aromatic rings. The number of ether oxygens (including phenoxy) is 2. The number of benzene rings is 2. The summed E-state index contributed by atoms with van der Waals surface area (Å²) >= 11 is 0. The van der Waals surface area contributed by atoms with Gasteiger partial charge in [0.15, 0.2) is 0 Å². The van der Waals surface area contributed by atoms with Gasteiger partial charge in [0.05, 0.1) is 14.2 Å². The summed E-state index contributed by atoms with van der Waals surface area (Å²) < 4.78 is 10.6. The van der Waals surface area contributed by atoms with Crippen molar-refractivity contribution >= 4 is 5.91 Å². The van der Waals surface area contributed by atoms with Gasteiger partial charge in [-0.15, -0.1) is 0 Å². The third kappa shape index (κ3) is 5.02. The molecule has 1 amide bonds. The van der Waals surface area contributed by atoms with Crippen molar-refractivity contribution in [3.05, 3.63) is 59.2 Å². The molecule has 0 aliphatic carbocycles. The highest BCUT2D eigenvalue weighted by Gasteiger charge is 2.08. The molecular formula is C19H23NO3. The molecule has 0 heterocycles. The smallest absolute Gasteiger partial charge is 0.220 e. The number of aryl methyl sites for hydroxylation is 2. The van der Waals surface area contributed by atoms with E-state index in [1.54, 1.807) is 14.2 Å². The highest BCUT2D eigenvalue weighted by molar-refractivity contribution is 5.76. The van der Waals surface area contributed by atoms with Crippen molar-refractivity contribution in [1.82, 2.24) is 5.32 Å². The Hall–Kier alpha value is -2.49. The molecule has 122 valence electrons. The first-order valence-electron chi connectivity index (χ1n) is 7.65. The van der Waals surface area contributed by atoms with Crippen LogP contribution in [0.3, 0.4) is 0 Å². The van der Waals surface area contributed by atoms with E-state index in [2.05, 4.69) is 5.32 Å². The van der Waals surface area contributed by atoms with Crippen molar-refractivity contribution in [2.45, 2.75) is 26.3 Å². The Bertz CT molecular complexity index is 650. The van der Waals surface area contributed by atoms with E-state index in [1.165, 1.54) is 5.56 Å². The van der Waals surface area contributed by atoms with Gasteiger partial charge in [-0.3, -0.25) is 4.79 Å². The van der Waals surface area contributed by atoms with E-state index in [4.69, 9.17) is 9.47 Å². The van der Waals surface area contributed by atoms with Crippen molar-refractivity contribution in [3.8, 4) is 11.5 Å². The standard InChI is InChI=1S/C19H23NO3/c1-14-4-6-15(7-5-14)13-20-19(21)11-8-16-12-17(22-2)9-10-18(16)23-3/h4-7,9-10,12H,8,11,13H2,1-3H3,(H,20,21). The normalized spacial score (nSPS) is 10.2. The van der Waals surface area contributed by atoms with Crippen LogP contribution in [0, 0.1) is 6.92 Å². The Labute approximate surface area is 137 Å². The van der Waals surface area contributed by atoms with Gasteiger partial charge in [0.25, 0.3) is 0 Å². The molecule has 23 heavy (non-hydrogen) atoms. The van der Waals surface area contributed by atoms with E-state index in [0.717, 1.165) is 22.6 Å². The monoisotopic (exact) mass is 313 g/mol. The van der Waals surface area contributed by atoms with E-state index < -0.39 is 0 Å². The Balaban J connectivity index is 1.87. The second-order valence-corrected chi connectivity index (χ2v) is 5.44. The van der Waals surface area contributed by atoms with Gasteiger partial charge in [0.1, 0.15) is 11.5 Å². The van der Waals surface area contributed by atoms with Gasteiger partial charge in [0.2, 0.25) is 5.91 Å². The van der Waals surface area contributed by atoms with Crippen molar-refractivity contribution < 1.29 is 14.3 Å². The predicted molar refractivity (Wildman–Crippen MR) is 90.9 cm³/mol. The van der Waals surface area contributed by atoms with Gasteiger partial charge in [-0.2, -0.15) is 0 Å². The van der Waals surface area contributed by atoms with Gasteiger partial charge >= 0.3 is 0 Å². The van der Waals surface area contributed by atoms with Crippen LogP contribution in [0.25, 0.3) is 0 Å². The third-order valence-electron chi connectivity index (χ3n) is 3.72. The molecule has 4 heteroatoms. The predicted octanol–water partition coefficient (Wildman–Crippen LogP) is 3.26. The van der Waals surface area contributed by atoms with Crippen LogP contribution in [0.5, 0.6) is 11.5 Å². The molecule has 0 aliphatic heterocycles. The molecular weight excluding hydrogens is 290 g/mol. The number of amides is 1. The molecule has 0 spiro atoms. The maximum atomic E-state index is 12.0. The Morgan fingerprint density at radius 2 is 1.78 bits per heavy atom. The zero-order chi connectivity index (χ0) is 16.7. The molecule has 0 fully saturated rings. The van der Waals surface area contributed by atoms with Gasteiger partial charge < -0.3 is 14.8 Å². The second-order valence-electron chi connectivity index (χ2n) is 5.44. The number of methoxy groups -OCH3 is 2. The Kier molecular flexibility index (Phi) is 6.03. The van der Waals surface area contributed by atoms with Crippen LogP contribution in [0.2, 0.25) is 0 Å². The molecule has 0 radical (unpaired) electrons. The van der Waals surface area contributed by atoms with Crippen LogP contribution in [-0.4, -0.2) is 20.1 Å². The summed E-state index contributed by atoms with van der Waals surface area (Å²) in [5.74, 6) is 1.56. The topological polar surface area (TPSA) is 47.6 Å². The van der Waals surface area contributed by atoms with Gasteiger partial charge in [-0.05, 0) is 42.7 Å². The lowest BCUT2D eigenvalue weighted by Gasteiger charge is -2.11. The summed E-state index contributed by atoms with van der Waals surface area (Å²) in [6.07, 6.45) is 1.02. The van der Waals surface area contributed by atoms with E-state index in [-0.39, 0.29) is 5.91 Å². The van der Waals surface area contributed by atoms with Gasteiger partial charge in [-0.1, -0.05) is 29.8 Å². The fourth-order valence-corrected chi connectivity index (χ4v) is 2.32. The first-order chi connectivity index (χ1) is 11.1. The third-order valence-corrected chi connectivity index (χ3v) is 3.72. The molecule has 0 aromatic heterocycles. The average molecular weight is 313 g/mol. The molecule has 0 aliphatic rings. The molecule has 0 saturated heterocycles. The zero-order valence-electron chi connectivity index (χ0n) is 13.9. The van der Waals surface area contributed by atoms with Crippen molar-refractivity contribution in [3.63, 3.8) is 0 Å². The van der Waals surface area contributed by atoms with Crippen molar-refractivity contribution in [1.29, 1.82) is 0 Å². The number of hydrogen-bond donors (Lipinski definition) is 1. The number of carbonyl (C=O) groups excluding carboxylic acids is 1. The second kappa shape index (κ2) is 8.22. The van der Waals surface area contributed by atoms with E-state index in [9.17, 15) is 4.79 Å². The van der Waals surface area contributed by atoms with Gasteiger partial charge in [0, 0.05) is 13.0 Å². The highest BCUT2D eigenvalue weighted by atomic mass is 16.5. The zero-order valence-corrected chi connectivity index (χ0v) is 13.9. The fourth-order valence-electron chi connectivity index (χ4n) is 2.32. The van der Waals surface area contributed by atoms with Crippen LogP contribution >= 0.6 is 0 Å². The first kappa shape index (κ1) is 16.9. The summed E-state index contributed by atoms with van der Waals surface area (Å²) in [5.41, 5.74) is 3.28. The van der Waals surface area contributed by atoms with Crippen molar-refractivity contribution in [2.24, 2.45) is 0 Å². The Morgan fingerprint density at radius 3 is 2.43 bits per heavy atom. The summed E-state index contributed by atoms with van der Waals surface area (Å²) in [7, 11) is 3.25. The van der Waals surface area contributed by atoms with Gasteiger partial charge in [-0.25, -0.2) is 0 Å². The minimum atomic E-state index is 0.0236. The largest absolute Gasteiger partial charge is 0.497 e. The number of nitrogens with one attached hydrogen (secondary N) is 1. The van der Waals surface area contributed by atoms with Crippen molar-refractivity contribution in [2.75, 3.05) is 14.2 Å². The van der Waals surface area contributed by atoms with Crippen LogP contribution in [0.4, 0.5) is 0 Å². The molecule has 0 atom stereocenters. The lowest BCUT2D eigenvalue weighted by molar-refractivity contribution is -0.121. The molecule has 0 bridgehead atoms. The average Bonchev–Trinajstić information content (AvgIpc) is 2.59. The SMILES string of the molecule is COc1ccc(OC)c(CCC(=O)NCc2ccc(C)cc2)c1. The fraction of sp³-hybridized carbons (Fsp3) is 0.316. The Morgan fingerprint density at radius 1 is 1.04 bits per heavy atom. The van der Waals surface area contributed by atoms with Crippen LogP contribution in [-0.2, 0) is 17.8 Å². The highest BCUT2D eigenvalue weighted by Crippen LogP contribution is 2.25. The quantitative estimate of drug-likeness (QED) is 0.853.